The molecule has 15 heavy (non-hydrogen) atoms. The molecule has 1 aromatic rings. The number of anilines is 2. The summed E-state index contributed by atoms with van der Waals surface area (Å²) in [6.45, 7) is 3.83. The number of aromatic nitrogens is 1. The zero-order chi connectivity index (χ0) is 11.1. The molecule has 0 amide bonds. The summed E-state index contributed by atoms with van der Waals surface area (Å²) in [5, 5.41) is 8.99. The lowest BCUT2D eigenvalue weighted by Gasteiger charge is -2.24. The Morgan fingerprint density at radius 2 is 2.27 bits per heavy atom. The fourth-order valence-electron chi connectivity index (χ4n) is 1.51. The molecule has 3 N–H and O–H groups in total. The predicted octanol–water partition coefficient (Wildman–Crippen LogP) is 1.26. The molecule has 0 aliphatic carbocycles. The lowest BCUT2D eigenvalue weighted by molar-refractivity contribution is 0.301. The standard InChI is InChI=1S/C11H19N3O/c1-2-3-6-14(7-8-15)11-4-5-13-9-10(11)12/h4-5,9,15H,2-3,6-8,12H2,1H3. The van der Waals surface area contributed by atoms with E-state index in [4.69, 9.17) is 10.8 Å². The summed E-state index contributed by atoms with van der Waals surface area (Å²) in [7, 11) is 0. The highest BCUT2D eigenvalue weighted by Crippen LogP contribution is 2.21. The van der Waals surface area contributed by atoms with Gasteiger partial charge in [-0.3, -0.25) is 4.98 Å². The molecule has 0 saturated heterocycles. The van der Waals surface area contributed by atoms with Gasteiger partial charge < -0.3 is 15.7 Å². The lowest BCUT2D eigenvalue weighted by Crippen LogP contribution is -2.28. The highest BCUT2D eigenvalue weighted by atomic mass is 16.3. The molecule has 1 aromatic heterocycles. The van der Waals surface area contributed by atoms with E-state index in [0.29, 0.717) is 12.2 Å². The Morgan fingerprint density at radius 3 is 2.87 bits per heavy atom. The van der Waals surface area contributed by atoms with Gasteiger partial charge in [-0.25, -0.2) is 0 Å². The van der Waals surface area contributed by atoms with Crippen molar-refractivity contribution in [1.29, 1.82) is 0 Å². The van der Waals surface area contributed by atoms with Gasteiger partial charge >= 0.3 is 0 Å². The van der Waals surface area contributed by atoms with Gasteiger partial charge in [0, 0.05) is 19.3 Å². The molecular formula is C11H19N3O. The number of hydrogen-bond acceptors (Lipinski definition) is 4. The monoisotopic (exact) mass is 209 g/mol. The van der Waals surface area contributed by atoms with E-state index in [9.17, 15) is 0 Å². The Balaban J connectivity index is 2.74. The molecule has 0 saturated carbocycles. The first-order valence-corrected chi connectivity index (χ1v) is 5.35. The van der Waals surface area contributed by atoms with Gasteiger partial charge in [0.15, 0.2) is 0 Å². The maximum atomic E-state index is 8.99. The van der Waals surface area contributed by atoms with Crippen LogP contribution in [0.4, 0.5) is 11.4 Å². The Bertz CT molecular complexity index is 291. The van der Waals surface area contributed by atoms with Crippen molar-refractivity contribution in [3.05, 3.63) is 18.5 Å². The quantitative estimate of drug-likeness (QED) is 0.740. The minimum atomic E-state index is 0.144. The molecule has 0 unspecified atom stereocenters. The second kappa shape index (κ2) is 6.24. The number of aliphatic hydroxyl groups is 1. The first-order valence-electron chi connectivity index (χ1n) is 5.35. The van der Waals surface area contributed by atoms with Crippen LogP contribution in [-0.2, 0) is 0 Å². The third-order valence-corrected chi connectivity index (χ3v) is 2.32. The van der Waals surface area contributed by atoms with Crippen molar-refractivity contribution >= 4 is 11.4 Å². The van der Waals surface area contributed by atoms with Crippen LogP contribution in [0.2, 0.25) is 0 Å². The topological polar surface area (TPSA) is 62.4 Å². The molecule has 0 atom stereocenters. The summed E-state index contributed by atoms with van der Waals surface area (Å²) in [6.07, 6.45) is 5.60. The van der Waals surface area contributed by atoms with E-state index in [1.807, 2.05) is 6.07 Å². The number of hydrogen-bond donors (Lipinski definition) is 2. The fraction of sp³-hybridized carbons (Fsp3) is 0.545. The van der Waals surface area contributed by atoms with Crippen LogP contribution in [0.1, 0.15) is 19.8 Å². The summed E-state index contributed by atoms with van der Waals surface area (Å²) in [5.74, 6) is 0. The van der Waals surface area contributed by atoms with E-state index in [2.05, 4.69) is 16.8 Å². The Morgan fingerprint density at radius 1 is 1.47 bits per heavy atom. The van der Waals surface area contributed by atoms with Crippen molar-refractivity contribution in [2.45, 2.75) is 19.8 Å². The van der Waals surface area contributed by atoms with Gasteiger partial charge in [0.1, 0.15) is 0 Å². The molecule has 84 valence electrons. The second-order valence-corrected chi connectivity index (χ2v) is 3.50. The van der Waals surface area contributed by atoms with Gasteiger partial charge in [0.05, 0.1) is 24.2 Å². The summed E-state index contributed by atoms with van der Waals surface area (Å²) in [4.78, 5) is 6.05. The van der Waals surface area contributed by atoms with E-state index in [1.165, 1.54) is 0 Å². The third-order valence-electron chi connectivity index (χ3n) is 2.32. The summed E-state index contributed by atoms with van der Waals surface area (Å²) >= 11 is 0. The summed E-state index contributed by atoms with van der Waals surface area (Å²) < 4.78 is 0. The molecule has 1 heterocycles. The number of nitrogen functional groups attached to an aromatic ring is 1. The molecule has 0 fully saturated rings. The Labute approximate surface area is 90.7 Å². The molecule has 0 bridgehead atoms. The summed E-state index contributed by atoms with van der Waals surface area (Å²) in [5.41, 5.74) is 7.47. The molecule has 0 spiro atoms. The van der Waals surface area contributed by atoms with Crippen molar-refractivity contribution in [1.82, 2.24) is 4.98 Å². The molecule has 1 rings (SSSR count). The molecule has 0 aromatic carbocycles. The van der Waals surface area contributed by atoms with Gasteiger partial charge in [-0.2, -0.15) is 0 Å². The van der Waals surface area contributed by atoms with E-state index in [-0.39, 0.29) is 6.61 Å². The van der Waals surface area contributed by atoms with E-state index in [1.54, 1.807) is 12.4 Å². The molecular weight excluding hydrogens is 190 g/mol. The lowest BCUT2D eigenvalue weighted by atomic mass is 10.2. The van der Waals surface area contributed by atoms with E-state index < -0.39 is 0 Å². The molecule has 0 aliphatic heterocycles. The van der Waals surface area contributed by atoms with Crippen molar-refractivity contribution < 1.29 is 5.11 Å². The van der Waals surface area contributed by atoms with Gasteiger partial charge in [0.25, 0.3) is 0 Å². The van der Waals surface area contributed by atoms with Crippen LogP contribution in [-0.4, -0.2) is 29.8 Å². The molecule has 4 heteroatoms. The highest BCUT2D eigenvalue weighted by Gasteiger charge is 2.07. The number of nitrogens with two attached hydrogens (primary N) is 1. The highest BCUT2D eigenvalue weighted by molar-refractivity contribution is 5.65. The van der Waals surface area contributed by atoms with Gasteiger partial charge in [-0.15, -0.1) is 0 Å². The Hall–Kier alpha value is -1.29. The zero-order valence-electron chi connectivity index (χ0n) is 9.19. The molecule has 0 aliphatic rings. The average molecular weight is 209 g/mol. The number of rotatable bonds is 6. The summed E-state index contributed by atoms with van der Waals surface area (Å²) in [6, 6.07) is 1.89. The SMILES string of the molecule is CCCCN(CCO)c1ccncc1N. The van der Waals surface area contributed by atoms with Crippen LogP contribution in [0.15, 0.2) is 18.5 Å². The third kappa shape index (κ3) is 3.40. The first kappa shape index (κ1) is 11.8. The zero-order valence-corrected chi connectivity index (χ0v) is 9.19. The first-order chi connectivity index (χ1) is 7.29. The maximum Gasteiger partial charge on any atom is 0.0738 e. The minimum Gasteiger partial charge on any atom is -0.396 e. The molecule has 0 radical (unpaired) electrons. The fourth-order valence-corrected chi connectivity index (χ4v) is 1.51. The van der Waals surface area contributed by atoms with Gasteiger partial charge in [-0.1, -0.05) is 13.3 Å². The Kier molecular flexibility index (Phi) is 4.90. The van der Waals surface area contributed by atoms with Crippen LogP contribution in [0.25, 0.3) is 0 Å². The average Bonchev–Trinajstić information content (AvgIpc) is 2.25. The van der Waals surface area contributed by atoms with E-state index in [0.717, 1.165) is 25.1 Å². The largest absolute Gasteiger partial charge is 0.396 e. The van der Waals surface area contributed by atoms with Crippen LogP contribution >= 0.6 is 0 Å². The van der Waals surface area contributed by atoms with Crippen LogP contribution < -0.4 is 10.6 Å². The predicted molar refractivity (Wildman–Crippen MR) is 62.9 cm³/mol. The normalized spacial score (nSPS) is 10.3. The van der Waals surface area contributed by atoms with Crippen molar-refractivity contribution in [2.75, 3.05) is 30.3 Å². The van der Waals surface area contributed by atoms with Crippen LogP contribution in [0, 0.1) is 0 Å². The van der Waals surface area contributed by atoms with Crippen LogP contribution in [0.3, 0.4) is 0 Å². The number of pyridine rings is 1. The van der Waals surface area contributed by atoms with Gasteiger partial charge in [-0.05, 0) is 12.5 Å². The van der Waals surface area contributed by atoms with E-state index >= 15 is 0 Å². The van der Waals surface area contributed by atoms with Crippen molar-refractivity contribution in [3.63, 3.8) is 0 Å². The number of aliphatic hydroxyl groups excluding tert-OH is 1. The minimum absolute atomic E-state index is 0.144. The van der Waals surface area contributed by atoms with Crippen LogP contribution in [0.5, 0.6) is 0 Å². The van der Waals surface area contributed by atoms with Gasteiger partial charge in [0.2, 0.25) is 0 Å². The van der Waals surface area contributed by atoms with Crippen molar-refractivity contribution in [2.24, 2.45) is 0 Å². The number of nitrogens with zero attached hydrogens (tertiary/aromatic N) is 2. The van der Waals surface area contributed by atoms with Crippen molar-refractivity contribution in [3.8, 4) is 0 Å². The second-order valence-electron chi connectivity index (χ2n) is 3.50. The number of unbranched alkanes of at least 4 members (excludes halogenated alkanes) is 1. The molecule has 4 nitrogen and oxygen atoms in total. The maximum absolute atomic E-state index is 8.99. The smallest absolute Gasteiger partial charge is 0.0738 e.